The lowest BCUT2D eigenvalue weighted by atomic mass is 10.0. The number of hydrogen-bond acceptors (Lipinski definition) is 3. The van der Waals surface area contributed by atoms with Gasteiger partial charge in [-0.15, -0.1) is 5.10 Å². The van der Waals surface area contributed by atoms with Crippen molar-refractivity contribution in [2.75, 3.05) is 0 Å². The number of hydrogen-bond donors (Lipinski definition) is 1. The maximum absolute atomic E-state index is 6.21. The van der Waals surface area contributed by atoms with Crippen LogP contribution in [0.5, 0.6) is 0 Å². The second kappa shape index (κ2) is 4.85. The highest BCUT2D eigenvalue weighted by Crippen LogP contribution is 2.23. The Balaban J connectivity index is 2.36. The Morgan fingerprint density at radius 3 is 2.88 bits per heavy atom. The van der Waals surface area contributed by atoms with Crippen molar-refractivity contribution in [2.45, 2.75) is 26.4 Å². The third-order valence-electron chi connectivity index (χ3n) is 2.81. The summed E-state index contributed by atoms with van der Waals surface area (Å²) in [5.41, 5.74) is 9.16. The molecule has 0 aliphatic rings. The highest BCUT2D eigenvalue weighted by molar-refractivity contribution is 6.31. The summed E-state index contributed by atoms with van der Waals surface area (Å²) in [6.07, 6.45) is 1.71. The van der Waals surface area contributed by atoms with E-state index in [9.17, 15) is 0 Å². The first-order chi connectivity index (χ1) is 8.13. The van der Waals surface area contributed by atoms with Crippen molar-refractivity contribution < 1.29 is 0 Å². The molecule has 0 fully saturated rings. The molecule has 0 aliphatic heterocycles. The summed E-state index contributed by atoms with van der Waals surface area (Å²) in [6, 6.07) is 5.58. The minimum Gasteiger partial charge on any atom is -0.319 e. The van der Waals surface area contributed by atoms with E-state index >= 15 is 0 Å². The average Bonchev–Trinajstić information content (AvgIpc) is 2.80. The smallest absolute Gasteiger partial charge is 0.0799 e. The van der Waals surface area contributed by atoms with Crippen LogP contribution in [-0.4, -0.2) is 15.0 Å². The lowest BCUT2D eigenvalue weighted by Crippen LogP contribution is -2.17. The molecule has 2 N–H and O–H groups in total. The highest BCUT2D eigenvalue weighted by Gasteiger charge is 2.14. The van der Waals surface area contributed by atoms with Crippen LogP contribution >= 0.6 is 11.6 Å². The third kappa shape index (κ3) is 2.33. The van der Waals surface area contributed by atoms with Crippen molar-refractivity contribution >= 4 is 11.6 Å². The zero-order valence-corrected chi connectivity index (χ0v) is 10.6. The molecule has 0 saturated carbocycles. The molecule has 90 valence electrons. The van der Waals surface area contributed by atoms with Gasteiger partial charge in [-0.2, -0.15) is 0 Å². The zero-order valence-electron chi connectivity index (χ0n) is 9.89. The molecule has 0 spiro atoms. The maximum Gasteiger partial charge on any atom is 0.0799 e. The molecule has 1 unspecified atom stereocenters. The standard InChI is InChI=1S/C12H15ClN4/c1-3-17-11(7-15-16-17)12(14)9-4-5-10(13)8(2)6-9/h4-7,12H,3,14H2,1-2H3. The molecular formula is C12H15ClN4. The molecule has 0 bridgehead atoms. The van der Waals surface area contributed by atoms with Gasteiger partial charge in [0.2, 0.25) is 0 Å². The monoisotopic (exact) mass is 250 g/mol. The molecule has 0 amide bonds. The van der Waals surface area contributed by atoms with Gasteiger partial charge in [0.05, 0.1) is 17.9 Å². The number of benzene rings is 1. The molecule has 1 atom stereocenters. The molecule has 2 aromatic rings. The Hall–Kier alpha value is -1.39. The lowest BCUT2D eigenvalue weighted by molar-refractivity contribution is 0.581. The third-order valence-corrected chi connectivity index (χ3v) is 3.23. The van der Waals surface area contributed by atoms with Gasteiger partial charge < -0.3 is 5.73 Å². The molecule has 1 heterocycles. The number of rotatable bonds is 3. The van der Waals surface area contributed by atoms with E-state index in [0.717, 1.165) is 28.4 Å². The molecule has 0 aliphatic carbocycles. The molecule has 5 heteroatoms. The van der Waals surface area contributed by atoms with E-state index < -0.39 is 0 Å². The first kappa shape index (κ1) is 12.1. The first-order valence-corrected chi connectivity index (χ1v) is 5.91. The van der Waals surface area contributed by atoms with E-state index in [1.165, 1.54) is 0 Å². The van der Waals surface area contributed by atoms with Gasteiger partial charge in [0, 0.05) is 11.6 Å². The fourth-order valence-electron chi connectivity index (χ4n) is 1.78. The second-order valence-corrected chi connectivity index (χ2v) is 4.37. The Labute approximate surface area is 105 Å². The number of aromatic nitrogens is 3. The Morgan fingerprint density at radius 1 is 1.47 bits per heavy atom. The summed E-state index contributed by atoms with van der Waals surface area (Å²) in [6.45, 7) is 4.74. The number of aryl methyl sites for hydroxylation is 2. The van der Waals surface area contributed by atoms with Crippen molar-refractivity contribution in [1.82, 2.24) is 15.0 Å². The topological polar surface area (TPSA) is 56.7 Å². The van der Waals surface area contributed by atoms with E-state index in [1.807, 2.05) is 32.0 Å². The van der Waals surface area contributed by atoms with Crippen LogP contribution in [0.1, 0.15) is 29.8 Å². The minimum atomic E-state index is -0.221. The molecule has 0 radical (unpaired) electrons. The Bertz CT molecular complexity index is 521. The summed E-state index contributed by atoms with van der Waals surface area (Å²) in [7, 11) is 0. The summed E-state index contributed by atoms with van der Waals surface area (Å²) in [5.74, 6) is 0. The molecule has 2 rings (SSSR count). The maximum atomic E-state index is 6.21. The van der Waals surface area contributed by atoms with Crippen molar-refractivity contribution in [1.29, 1.82) is 0 Å². The van der Waals surface area contributed by atoms with Gasteiger partial charge >= 0.3 is 0 Å². The minimum absolute atomic E-state index is 0.221. The quantitative estimate of drug-likeness (QED) is 0.910. The predicted octanol–water partition coefficient (Wildman–Crippen LogP) is 2.31. The Kier molecular flexibility index (Phi) is 3.45. The highest BCUT2D eigenvalue weighted by atomic mass is 35.5. The van der Waals surface area contributed by atoms with E-state index in [1.54, 1.807) is 10.9 Å². The SMILES string of the molecule is CCn1nncc1C(N)c1ccc(Cl)c(C)c1. The van der Waals surface area contributed by atoms with E-state index in [4.69, 9.17) is 17.3 Å². The first-order valence-electron chi connectivity index (χ1n) is 5.53. The van der Waals surface area contributed by atoms with Crippen molar-refractivity contribution in [3.05, 3.63) is 46.2 Å². The summed E-state index contributed by atoms with van der Waals surface area (Å²) >= 11 is 6.00. The van der Waals surface area contributed by atoms with Crippen molar-refractivity contribution in [2.24, 2.45) is 5.73 Å². The van der Waals surface area contributed by atoms with Crippen LogP contribution in [0.15, 0.2) is 24.4 Å². The fraction of sp³-hybridized carbons (Fsp3) is 0.333. The van der Waals surface area contributed by atoms with Crippen LogP contribution in [0, 0.1) is 6.92 Å². The van der Waals surface area contributed by atoms with E-state index in [0.29, 0.717) is 0 Å². The second-order valence-electron chi connectivity index (χ2n) is 3.96. The van der Waals surface area contributed by atoms with Gasteiger partial charge in [-0.3, -0.25) is 0 Å². The number of nitrogens with zero attached hydrogens (tertiary/aromatic N) is 3. The fourth-order valence-corrected chi connectivity index (χ4v) is 1.90. The summed E-state index contributed by atoms with van der Waals surface area (Å²) in [4.78, 5) is 0. The number of halogens is 1. The molecule has 1 aromatic heterocycles. The largest absolute Gasteiger partial charge is 0.319 e. The predicted molar refractivity (Wildman–Crippen MR) is 67.9 cm³/mol. The van der Waals surface area contributed by atoms with E-state index in [-0.39, 0.29) is 6.04 Å². The van der Waals surface area contributed by atoms with Gasteiger partial charge in [0.1, 0.15) is 0 Å². The van der Waals surface area contributed by atoms with Gasteiger partial charge in [0.25, 0.3) is 0 Å². The lowest BCUT2D eigenvalue weighted by Gasteiger charge is -2.13. The van der Waals surface area contributed by atoms with Crippen LogP contribution in [0.2, 0.25) is 5.02 Å². The average molecular weight is 251 g/mol. The molecular weight excluding hydrogens is 236 g/mol. The van der Waals surface area contributed by atoms with Crippen LogP contribution < -0.4 is 5.73 Å². The van der Waals surface area contributed by atoms with Crippen LogP contribution in [-0.2, 0) is 6.54 Å². The van der Waals surface area contributed by atoms with Gasteiger partial charge in [-0.25, -0.2) is 4.68 Å². The van der Waals surface area contributed by atoms with Gasteiger partial charge in [0.15, 0.2) is 0 Å². The molecule has 4 nitrogen and oxygen atoms in total. The van der Waals surface area contributed by atoms with Crippen LogP contribution in [0.3, 0.4) is 0 Å². The van der Waals surface area contributed by atoms with Crippen molar-refractivity contribution in [3.63, 3.8) is 0 Å². The summed E-state index contributed by atoms with van der Waals surface area (Å²) < 4.78 is 1.80. The summed E-state index contributed by atoms with van der Waals surface area (Å²) in [5, 5.41) is 8.62. The van der Waals surface area contributed by atoms with Crippen molar-refractivity contribution in [3.8, 4) is 0 Å². The molecule has 0 saturated heterocycles. The van der Waals surface area contributed by atoms with Gasteiger partial charge in [-0.1, -0.05) is 28.9 Å². The zero-order chi connectivity index (χ0) is 12.4. The molecule has 1 aromatic carbocycles. The van der Waals surface area contributed by atoms with Crippen LogP contribution in [0.4, 0.5) is 0 Å². The molecule has 17 heavy (non-hydrogen) atoms. The van der Waals surface area contributed by atoms with Gasteiger partial charge in [-0.05, 0) is 31.0 Å². The Morgan fingerprint density at radius 2 is 2.24 bits per heavy atom. The normalized spacial score (nSPS) is 12.7. The number of nitrogens with two attached hydrogens (primary N) is 1. The van der Waals surface area contributed by atoms with E-state index in [2.05, 4.69) is 10.3 Å². The van der Waals surface area contributed by atoms with Crippen LogP contribution in [0.25, 0.3) is 0 Å².